The van der Waals surface area contributed by atoms with Gasteiger partial charge in [-0.3, -0.25) is 4.79 Å². The summed E-state index contributed by atoms with van der Waals surface area (Å²) in [5, 5.41) is 1.79. The monoisotopic (exact) mass is 174 g/mol. The molecular formula is C7H7ClOS. The van der Waals surface area contributed by atoms with Crippen molar-refractivity contribution in [1.29, 1.82) is 0 Å². The summed E-state index contributed by atoms with van der Waals surface area (Å²) >= 11 is 7.02. The minimum absolute atomic E-state index is 0.156. The van der Waals surface area contributed by atoms with Gasteiger partial charge < -0.3 is 0 Å². The molecule has 0 saturated carbocycles. The first-order chi connectivity index (χ1) is 4.74. The normalized spacial score (nSPS) is 9.80. The lowest BCUT2D eigenvalue weighted by molar-refractivity contribution is 0.0988. The zero-order valence-corrected chi connectivity index (χ0v) is 7.13. The summed E-state index contributed by atoms with van der Waals surface area (Å²) in [6.07, 6.45) is 0.549. The Labute approximate surface area is 68.6 Å². The van der Waals surface area contributed by atoms with Crippen LogP contribution in [0, 0.1) is 0 Å². The lowest BCUT2D eigenvalue weighted by Gasteiger charge is -1.87. The fourth-order valence-corrected chi connectivity index (χ4v) is 1.55. The predicted octanol–water partition coefficient (Wildman–Crippen LogP) is 2.99. The van der Waals surface area contributed by atoms with Crippen LogP contribution >= 0.6 is 22.9 Å². The molecule has 3 heteroatoms. The van der Waals surface area contributed by atoms with Crippen LogP contribution in [0.1, 0.15) is 23.7 Å². The van der Waals surface area contributed by atoms with E-state index in [9.17, 15) is 4.79 Å². The molecule has 0 aliphatic carbocycles. The van der Waals surface area contributed by atoms with E-state index in [2.05, 4.69) is 0 Å². The van der Waals surface area contributed by atoms with Gasteiger partial charge >= 0.3 is 0 Å². The van der Waals surface area contributed by atoms with E-state index in [0.29, 0.717) is 10.8 Å². The second-order valence-electron chi connectivity index (χ2n) is 1.92. The van der Waals surface area contributed by atoms with Gasteiger partial charge in [0.1, 0.15) is 0 Å². The highest BCUT2D eigenvalue weighted by atomic mass is 35.5. The van der Waals surface area contributed by atoms with E-state index >= 15 is 0 Å². The van der Waals surface area contributed by atoms with E-state index in [1.807, 2.05) is 6.92 Å². The highest BCUT2D eigenvalue weighted by Crippen LogP contribution is 2.20. The Balaban J connectivity index is 2.85. The second-order valence-corrected chi connectivity index (χ2v) is 3.46. The zero-order valence-electron chi connectivity index (χ0n) is 5.56. The van der Waals surface area contributed by atoms with E-state index in [1.54, 1.807) is 11.4 Å². The van der Waals surface area contributed by atoms with Crippen molar-refractivity contribution in [3.05, 3.63) is 21.3 Å². The van der Waals surface area contributed by atoms with Gasteiger partial charge in [-0.15, -0.1) is 11.3 Å². The number of carbonyl (C=O) groups is 1. The Hall–Kier alpha value is -0.340. The maximum atomic E-state index is 11.0. The molecule has 54 valence electrons. The number of Topliss-reactive ketones (excluding diaryl/α,β-unsaturated/α-hetero) is 1. The van der Waals surface area contributed by atoms with Crippen LogP contribution in [0.15, 0.2) is 11.4 Å². The Morgan fingerprint density at radius 3 is 2.90 bits per heavy atom. The Morgan fingerprint density at radius 1 is 1.80 bits per heavy atom. The molecule has 0 aliphatic rings. The van der Waals surface area contributed by atoms with Crippen molar-refractivity contribution in [2.75, 3.05) is 0 Å². The summed E-state index contributed by atoms with van der Waals surface area (Å²) in [6, 6.07) is 1.71. The van der Waals surface area contributed by atoms with Crippen LogP contribution in [-0.4, -0.2) is 5.78 Å². The summed E-state index contributed by atoms with van der Waals surface area (Å²) in [5.74, 6) is 0.156. The number of halogens is 1. The van der Waals surface area contributed by atoms with Gasteiger partial charge in [0.05, 0.1) is 4.34 Å². The van der Waals surface area contributed by atoms with Crippen LogP contribution in [-0.2, 0) is 0 Å². The van der Waals surface area contributed by atoms with Crippen LogP contribution in [0.4, 0.5) is 0 Å². The maximum absolute atomic E-state index is 11.0. The molecule has 1 rings (SSSR count). The highest BCUT2D eigenvalue weighted by molar-refractivity contribution is 7.14. The van der Waals surface area contributed by atoms with Crippen LogP contribution in [0.2, 0.25) is 4.34 Å². The first-order valence-corrected chi connectivity index (χ1v) is 4.27. The summed E-state index contributed by atoms with van der Waals surface area (Å²) in [7, 11) is 0. The molecule has 0 N–H and O–H groups in total. The Kier molecular flexibility index (Phi) is 2.46. The molecule has 0 bridgehead atoms. The summed E-state index contributed by atoms with van der Waals surface area (Å²) in [4.78, 5) is 11.0. The highest BCUT2D eigenvalue weighted by Gasteiger charge is 2.03. The molecule has 0 aromatic carbocycles. The van der Waals surface area contributed by atoms with Crippen LogP contribution in [0.25, 0.3) is 0 Å². The molecule has 1 aromatic rings. The molecule has 1 nitrogen and oxygen atoms in total. The van der Waals surface area contributed by atoms with Crippen molar-refractivity contribution in [2.24, 2.45) is 0 Å². The third-order valence-electron chi connectivity index (χ3n) is 1.21. The Bertz CT molecular complexity index is 242. The molecule has 0 radical (unpaired) electrons. The minimum atomic E-state index is 0.156. The number of thiophene rings is 1. The van der Waals surface area contributed by atoms with Crippen molar-refractivity contribution in [2.45, 2.75) is 13.3 Å². The molecule has 0 saturated heterocycles. The van der Waals surface area contributed by atoms with E-state index in [0.717, 1.165) is 5.56 Å². The third kappa shape index (κ3) is 1.58. The summed E-state index contributed by atoms with van der Waals surface area (Å²) in [6.45, 7) is 1.84. The van der Waals surface area contributed by atoms with Crippen molar-refractivity contribution < 1.29 is 4.79 Å². The van der Waals surface area contributed by atoms with E-state index in [4.69, 9.17) is 11.6 Å². The number of hydrogen-bond acceptors (Lipinski definition) is 2. The van der Waals surface area contributed by atoms with Crippen molar-refractivity contribution in [1.82, 2.24) is 0 Å². The van der Waals surface area contributed by atoms with Gasteiger partial charge in [0.15, 0.2) is 5.78 Å². The zero-order chi connectivity index (χ0) is 7.56. The standard InChI is InChI=1S/C7H7ClOS/c1-2-6(9)5-3-7(8)10-4-5/h3-4H,2H2,1H3. The number of ketones is 1. The van der Waals surface area contributed by atoms with E-state index < -0.39 is 0 Å². The van der Waals surface area contributed by atoms with Crippen molar-refractivity contribution >= 4 is 28.7 Å². The topological polar surface area (TPSA) is 17.1 Å². The number of rotatable bonds is 2. The quantitative estimate of drug-likeness (QED) is 0.630. The van der Waals surface area contributed by atoms with Gasteiger partial charge in [-0.05, 0) is 6.07 Å². The first kappa shape index (κ1) is 7.76. The molecule has 0 spiro atoms. The fraction of sp³-hybridized carbons (Fsp3) is 0.286. The summed E-state index contributed by atoms with van der Waals surface area (Å²) < 4.78 is 0.678. The van der Waals surface area contributed by atoms with Gasteiger partial charge in [0.2, 0.25) is 0 Å². The number of carbonyl (C=O) groups excluding carboxylic acids is 1. The van der Waals surface area contributed by atoms with Gasteiger partial charge in [-0.25, -0.2) is 0 Å². The summed E-state index contributed by atoms with van der Waals surface area (Å²) in [5.41, 5.74) is 0.734. The van der Waals surface area contributed by atoms with Gasteiger partial charge in [-0.2, -0.15) is 0 Å². The third-order valence-corrected chi connectivity index (χ3v) is 2.30. The molecular weight excluding hydrogens is 168 g/mol. The molecule has 0 unspecified atom stereocenters. The van der Waals surface area contributed by atoms with Crippen LogP contribution in [0.5, 0.6) is 0 Å². The lowest BCUT2D eigenvalue weighted by Crippen LogP contribution is -1.91. The molecule has 1 aromatic heterocycles. The number of hydrogen-bond donors (Lipinski definition) is 0. The van der Waals surface area contributed by atoms with Crippen molar-refractivity contribution in [3.63, 3.8) is 0 Å². The SMILES string of the molecule is CCC(=O)c1csc(Cl)c1. The maximum Gasteiger partial charge on any atom is 0.163 e. The smallest absolute Gasteiger partial charge is 0.163 e. The van der Waals surface area contributed by atoms with E-state index in [1.165, 1.54) is 11.3 Å². The molecule has 0 amide bonds. The fourth-order valence-electron chi connectivity index (χ4n) is 0.660. The predicted molar refractivity (Wildman–Crippen MR) is 44.0 cm³/mol. The average molecular weight is 175 g/mol. The molecule has 0 fully saturated rings. The molecule has 1 heterocycles. The largest absolute Gasteiger partial charge is 0.294 e. The first-order valence-electron chi connectivity index (χ1n) is 3.01. The molecule has 10 heavy (non-hydrogen) atoms. The average Bonchev–Trinajstić information content (AvgIpc) is 2.34. The van der Waals surface area contributed by atoms with Gasteiger partial charge in [-0.1, -0.05) is 18.5 Å². The minimum Gasteiger partial charge on any atom is -0.294 e. The van der Waals surface area contributed by atoms with Gasteiger partial charge in [0, 0.05) is 17.4 Å². The molecule has 0 atom stereocenters. The second kappa shape index (κ2) is 3.17. The van der Waals surface area contributed by atoms with E-state index in [-0.39, 0.29) is 5.78 Å². The molecule has 0 aliphatic heterocycles. The lowest BCUT2D eigenvalue weighted by atomic mass is 10.2. The van der Waals surface area contributed by atoms with Crippen molar-refractivity contribution in [3.8, 4) is 0 Å². The van der Waals surface area contributed by atoms with Gasteiger partial charge in [0.25, 0.3) is 0 Å². The van der Waals surface area contributed by atoms with Crippen LogP contribution in [0.3, 0.4) is 0 Å². The van der Waals surface area contributed by atoms with Crippen LogP contribution < -0.4 is 0 Å². The Morgan fingerprint density at radius 2 is 2.50 bits per heavy atom.